The minimum atomic E-state index is -3.83. The number of hydrogen-bond donors (Lipinski definition) is 2. The third kappa shape index (κ3) is 4.98. The molecule has 1 fully saturated rings. The summed E-state index contributed by atoms with van der Waals surface area (Å²) in [6.45, 7) is 3.10. The molecule has 2 aliphatic heterocycles. The van der Waals surface area contributed by atoms with Gasteiger partial charge in [0, 0.05) is 38.4 Å². The molecule has 0 aliphatic carbocycles. The topological polar surface area (TPSA) is 121 Å². The fourth-order valence-electron chi connectivity index (χ4n) is 3.99. The number of piperazine rings is 1. The Balaban J connectivity index is 1.52. The Hall–Kier alpha value is -3.22. The normalized spacial score (nSPS) is 20.1. The first kappa shape index (κ1) is 23.9. The first-order chi connectivity index (χ1) is 16.3. The quantitative estimate of drug-likeness (QED) is 0.563. The van der Waals surface area contributed by atoms with Crippen LogP contribution in [0.25, 0.3) is 0 Å². The number of sulfonamides is 1. The lowest BCUT2D eigenvalue weighted by Gasteiger charge is -2.36. The van der Waals surface area contributed by atoms with Gasteiger partial charge < -0.3 is 19.8 Å². The van der Waals surface area contributed by atoms with Crippen molar-refractivity contribution in [3.05, 3.63) is 65.5 Å². The van der Waals surface area contributed by atoms with Gasteiger partial charge in [-0.15, -0.1) is 0 Å². The van der Waals surface area contributed by atoms with Crippen LogP contribution >= 0.6 is 0 Å². The number of furan rings is 1. The SMILES string of the molecule is CCOC(=O)C1=C(CN2CCN(S(=O)(=O)c3cccc(F)c3)CC2)NC(=O)NC1c1ccco1. The van der Waals surface area contributed by atoms with E-state index < -0.39 is 33.9 Å². The van der Waals surface area contributed by atoms with Crippen LogP contribution in [0.5, 0.6) is 0 Å². The molecule has 1 aromatic heterocycles. The largest absolute Gasteiger partial charge is 0.467 e. The first-order valence-corrected chi connectivity index (χ1v) is 12.2. The molecule has 34 heavy (non-hydrogen) atoms. The van der Waals surface area contributed by atoms with Gasteiger partial charge in [0.2, 0.25) is 10.0 Å². The molecule has 1 unspecified atom stereocenters. The number of carbonyl (C=O) groups excluding carboxylic acids is 2. The number of hydrogen-bond acceptors (Lipinski definition) is 7. The number of ether oxygens (including phenoxy) is 1. The van der Waals surface area contributed by atoms with Crippen LogP contribution in [-0.2, 0) is 19.6 Å². The Labute approximate surface area is 196 Å². The fourth-order valence-corrected chi connectivity index (χ4v) is 5.44. The second-order valence-corrected chi connectivity index (χ2v) is 9.74. The summed E-state index contributed by atoms with van der Waals surface area (Å²) in [6, 6.07) is 6.92. The van der Waals surface area contributed by atoms with Crippen molar-refractivity contribution < 1.29 is 31.6 Å². The molecular formula is C22H25FN4O6S. The van der Waals surface area contributed by atoms with Crippen molar-refractivity contribution in [3.63, 3.8) is 0 Å². The highest BCUT2D eigenvalue weighted by atomic mass is 32.2. The van der Waals surface area contributed by atoms with E-state index in [-0.39, 0.29) is 36.7 Å². The summed E-state index contributed by atoms with van der Waals surface area (Å²) in [5.41, 5.74) is 0.594. The Morgan fingerprint density at radius 2 is 1.97 bits per heavy atom. The lowest BCUT2D eigenvalue weighted by molar-refractivity contribution is -0.139. The Morgan fingerprint density at radius 1 is 1.21 bits per heavy atom. The van der Waals surface area contributed by atoms with Crippen molar-refractivity contribution in [2.45, 2.75) is 17.9 Å². The third-order valence-corrected chi connectivity index (χ3v) is 7.52. The number of nitrogens with one attached hydrogen (secondary N) is 2. The van der Waals surface area contributed by atoms with Gasteiger partial charge in [0.1, 0.15) is 17.6 Å². The minimum absolute atomic E-state index is 0.0971. The van der Waals surface area contributed by atoms with Crippen molar-refractivity contribution in [3.8, 4) is 0 Å². The van der Waals surface area contributed by atoms with Gasteiger partial charge in [0.05, 0.1) is 23.3 Å². The molecule has 1 atom stereocenters. The average Bonchev–Trinajstić information content (AvgIpc) is 3.34. The molecule has 2 amide bonds. The zero-order valence-electron chi connectivity index (χ0n) is 18.5. The zero-order valence-corrected chi connectivity index (χ0v) is 19.3. The summed E-state index contributed by atoms with van der Waals surface area (Å²) < 4.78 is 51.2. The van der Waals surface area contributed by atoms with Crippen molar-refractivity contribution >= 4 is 22.0 Å². The fraction of sp³-hybridized carbons (Fsp3) is 0.364. The van der Waals surface area contributed by atoms with E-state index in [4.69, 9.17) is 9.15 Å². The van der Waals surface area contributed by atoms with Crippen LogP contribution in [0.4, 0.5) is 9.18 Å². The highest BCUT2D eigenvalue weighted by molar-refractivity contribution is 7.89. The van der Waals surface area contributed by atoms with Gasteiger partial charge in [-0.2, -0.15) is 4.31 Å². The first-order valence-electron chi connectivity index (χ1n) is 10.8. The van der Waals surface area contributed by atoms with Crippen molar-refractivity contribution in [1.82, 2.24) is 19.8 Å². The van der Waals surface area contributed by atoms with Crippen molar-refractivity contribution in [1.29, 1.82) is 0 Å². The smallest absolute Gasteiger partial charge is 0.338 e. The molecule has 2 N–H and O–H groups in total. The van der Waals surface area contributed by atoms with Crippen LogP contribution in [0.3, 0.4) is 0 Å². The Bertz CT molecular complexity index is 1190. The van der Waals surface area contributed by atoms with Crippen LogP contribution in [0.1, 0.15) is 18.7 Å². The van der Waals surface area contributed by atoms with E-state index in [9.17, 15) is 22.4 Å². The van der Waals surface area contributed by atoms with E-state index in [1.165, 1.54) is 28.8 Å². The summed E-state index contributed by atoms with van der Waals surface area (Å²) in [5.74, 6) is -0.814. The van der Waals surface area contributed by atoms with Gasteiger partial charge in [-0.25, -0.2) is 22.4 Å². The van der Waals surface area contributed by atoms with Gasteiger partial charge in [-0.05, 0) is 37.3 Å². The molecule has 182 valence electrons. The molecule has 4 rings (SSSR count). The third-order valence-electron chi connectivity index (χ3n) is 5.62. The Morgan fingerprint density at radius 3 is 2.62 bits per heavy atom. The van der Waals surface area contributed by atoms with Crippen molar-refractivity contribution in [2.24, 2.45) is 0 Å². The van der Waals surface area contributed by atoms with E-state index in [1.54, 1.807) is 19.1 Å². The number of nitrogens with zero attached hydrogens (tertiary/aromatic N) is 2. The van der Waals surface area contributed by atoms with E-state index in [1.807, 2.05) is 4.90 Å². The van der Waals surface area contributed by atoms with Crippen LogP contribution in [0, 0.1) is 5.82 Å². The number of halogens is 1. The van der Waals surface area contributed by atoms with E-state index >= 15 is 0 Å². The molecule has 2 aliphatic rings. The lowest BCUT2D eigenvalue weighted by atomic mass is 9.99. The maximum atomic E-state index is 13.5. The van der Waals surface area contributed by atoms with Gasteiger partial charge >= 0.3 is 12.0 Å². The predicted molar refractivity (Wildman–Crippen MR) is 118 cm³/mol. The summed E-state index contributed by atoms with van der Waals surface area (Å²) in [7, 11) is -3.83. The molecule has 0 bridgehead atoms. The number of rotatable bonds is 7. The van der Waals surface area contributed by atoms with Gasteiger partial charge in [-0.3, -0.25) is 4.90 Å². The van der Waals surface area contributed by atoms with Gasteiger partial charge in [0.15, 0.2) is 0 Å². The van der Waals surface area contributed by atoms with Crippen LogP contribution in [-0.4, -0.2) is 69.0 Å². The molecule has 12 heteroatoms. The summed E-state index contributed by atoms with van der Waals surface area (Å²) >= 11 is 0. The number of benzene rings is 1. The zero-order chi connectivity index (χ0) is 24.3. The number of amides is 2. The molecule has 10 nitrogen and oxygen atoms in total. The maximum absolute atomic E-state index is 13.5. The average molecular weight is 493 g/mol. The number of esters is 1. The van der Waals surface area contributed by atoms with E-state index in [2.05, 4.69) is 10.6 Å². The monoisotopic (exact) mass is 492 g/mol. The maximum Gasteiger partial charge on any atom is 0.338 e. The second-order valence-electron chi connectivity index (χ2n) is 7.80. The van der Waals surface area contributed by atoms with Crippen LogP contribution in [0.2, 0.25) is 0 Å². The van der Waals surface area contributed by atoms with Crippen molar-refractivity contribution in [2.75, 3.05) is 39.3 Å². The molecule has 0 spiro atoms. The Kier molecular flexibility index (Phi) is 7.00. The number of urea groups is 1. The molecule has 2 aromatic rings. The molecule has 0 radical (unpaired) electrons. The van der Waals surface area contributed by atoms with Gasteiger partial charge in [0.25, 0.3) is 0 Å². The lowest BCUT2D eigenvalue weighted by Crippen LogP contribution is -2.52. The minimum Gasteiger partial charge on any atom is -0.467 e. The second kappa shape index (κ2) is 9.95. The highest BCUT2D eigenvalue weighted by Crippen LogP contribution is 2.29. The summed E-state index contributed by atoms with van der Waals surface area (Å²) in [4.78, 5) is 26.9. The molecule has 0 saturated carbocycles. The predicted octanol–water partition coefficient (Wildman–Crippen LogP) is 1.60. The standard InChI is InChI=1S/C22H25FN4O6S/c1-2-32-21(28)19-17(24-22(29)25-20(19)18-7-4-12-33-18)14-26-8-10-27(11-9-26)34(30,31)16-6-3-5-15(23)13-16/h3-7,12-13,20H,2,8-11,14H2,1H3,(H2,24,25,29). The molecule has 1 aromatic carbocycles. The molecular weight excluding hydrogens is 467 g/mol. The van der Waals surface area contributed by atoms with E-state index in [0.29, 0.717) is 24.5 Å². The summed E-state index contributed by atoms with van der Waals surface area (Å²) in [6.07, 6.45) is 1.45. The van der Waals surface area contributed by atoms with Gasteiger partial charge in [-0.1, -0.05) is 6.07 Å². The van der Waals surface area contributed by atoms with Crippen LogP contribution < -0.4 is 10.6 Å². The van der Waals surface area contributed by atoms with E-state index in [0.717, 1.165) is 6.07 Å². The highest BCUT2D eigenvalue weighted by Gasteiger charge is 2.36. The summed E-state index contributed by atoms with van der Waals surface area (Å²) in [5, 5.41) is 5.38. The number of carbonyl (C=O) groups is 2. The molecule has 3 heterocycles. The molecule has 1 saturated heterocycles. The van der Waals surface area contributed by atoms with Crippen LogP contribution in [0.15, 0.2) is 63.2 Å².